The number of piperidine rings is 1. The molecule has 0 bridgehead atoms. The number of hydrogen-bond acceptors (Lipinski definition) is 6. The first kappa shape index (κ1) is 32.4. The Morgan fingerprint density at radius 2 is 1.45 bits per heavy atom. The van der Waals surface area contributed by atoms with Gasteiger partial charge in [-0.25, -0.2) is 17.5 Å². The number of alkyl halides is 9. The minimum atomic E-state index is -5.84. The van der Waals surface area contributed by atoms with Crippen LogP contribution in [0.2, 0.25) is 0 Å². The number of benzene rings is 1. The highest BCUT2D eigenvalue weighted by Gasteiger charge is 2.60. The maximum absolute atomic E-state index is 13.5. The van der Waals surface area contributed by atoms with Crippen LogP contribution in [0.4, 0.5) is 50.0 Å². The second-order valence-electron chi connectivity index (χ2n) is 11.0. The summed E-state index contributed by atoms with van der Waals surface area (Å²) in [6.07, 6.45) is -20.1. The van der Waals surface area contributed by atoms with E-state index in [1.165, 1.54) is 10.4 Å². The van der Waals surface area contributed by atoms with E-state index in [1.54, 1.807) is 9.80 Å². The lowest BCUT2D eigenvalue weighted by atomic mass is 9.72. The maximum atomic E-state index is 13.5. The number of sulfonamides is 1. The van der Waals surface area contributed by atoms with E-state index in [0.29, 0.717) is 50.3 Å². The van der Waals surface area contributed by atoms with E-state index in [1.807, 2.05) is 0 Å². The Labute approximate surface area is 236 Å². The monoisotopic (exact) mass is 640 g/mol. The van der Waals surface area contributed by atoms with Gasteiger partial charge in [0.2, 0.25) is 10.0 Å². The van der Waals surface area contributed by atoms with Crippen molar-refractivity contribution in [1.29, 1.82) is 0 Å². The first-order chi connectivity index (χ1) is 19.2. The minimum Gasteiger partial charge on any atom is -0.426 e. The van der Waals surface area contributed by atoms with Crippen molar-refractivity contribution in [3.8, 4) is 0 Å². The molecule has 238 valence electrons. The molecule has 3 saturated heterocycles. The smallest absolute Gasteiger partial charge is 0.426 e. The van der Waals surface area contributed by atoms with Crippen LogP contribution in [0.5, 0.6) is 0 Å². The summed E-state index contributed by atoms with van der Waals surface area (Å²) in [5, 5.41) is 0. The average molecular weight is 641 g/mol. The summed E-state index contributed by atoms with van der Waals surface area (Å²) in [4.78, 5) is 16.3. The molecule has 0 radical (unpaired) electrons. The molecular formula is C24H29F9N4O4S. The van der Waals surface area contributed by atoms with E-state index in [-0.39, 0.29) is 38.1 Å². The molecule has 18 heteroatoms. The Hall–Kier alpha value is -2.47. The molecule has 0 atom stereocenters. The lowest BCUT2D eigenvalue weighted by molar-refractivity contribution is -0.308. The number of rotatable bonds is 5. The number of nitrogens with zero attached hydrogens (tertiary/aromatic N) is 4. The first-order valence-electron chi connectivity index (χ1n) is 12.9. The van der Waals surface area contributed by atoms with Gasteiger partial charge in [0.1, 0.15) is 0 Å². The Bertz CT molecular complexity index is 1230. The molecule has 1 aromatic rings. The summed E-state index contributed by atoms with van der Waals surface area (Å²) in [7, 11) is -3.34. The summed E-state index contributed by atoms with van der Waals surface area (Å²) in [5.74, 6) is 0. The molecule has 3 heterocycles. The van der Waals surface area contributed by atoms with E-state index in [9.17, 15) is 52.7 Å². The quantitative estimate of drug-likeness (QED) is 0.447. The molecule has 0 N–H and O–H groups in total. The van der Waals surface area contributed by atoms with Crippen LogP contribution >= 0.6 is 0 Å². The number of hydrogen-bond donors (Lipinski definition) is 0. The molecule has 4 rings (SSSR count). The van der Waals surface area contributed by atoms with Crippen molar-refractivity contribution >= 4 is 21.8 Å². The zero-order valence-corrected chi connectivity index (χ0v) is 23.1. The van der Waals surface area contributed by atoms with Crippen LogP contribution in [0.1, 0.15) is 24.0 Å². The van der Waals surface area contributed by atoms with Gasteiger partial charge in [0.05, 0.1) is 11.8 Å². The number of piperazine rings is 1. The van der Waals surface area contributed by atoms with Gasteiger partial charge in [-0.1, -0.05) is 6.07 Å². The molecule has 8 nitrogen and oxygen atoms in total. The topological polar surface area (TPSA) is 73.4 Å². The van der Waals surface area contributed by atoms with Gasteiger partial charge >= 0.3 is 24.6 Å². The first-order valence-corrected chi connectivity index (χ1v) is 14.7. The molecule has 1 spiro atoms. The van der Waals surface area contributed by atoms with Gasteiger partial charge in [0, 0.05) is 70.0 Å². The molecular weight excluding hydrogens is 611 g/mol. The molecule has 0 aliphatic carbocycles. The molecule has 3 aliphatic rings. The standard InChI is InChI=1S/C24H29F9N4O4S/c1-42(39,40)37-6-4-21(5-7-37)14-36(15-21)18-12-17(22(25,26)27)3-2-16(18)13-34-8-10-35(11-9-34)20(38)41-19(23(28,29)30)24(31,32)33/h2-3,12,19H,4-11,13-15H2,1H3. The summed E-state index contributed by atoms with van der Waals surface area (Å²) < 4.78 is 146. The minimum absolute atomic E-state index is 0.0313. The van der Waals surface area contributed by atoms with Crippen LogP contribution in [-0.4, -0.2) is 106 Å². The third kappa shape index (κ3) is 7.35. The highest BCUT2D eigenvalue weighted by Crippen LogP contribution is 2.45. The lowest BCUT2D eigenvalue weighted by Gasteiger charge is -2.55. The molecule has 3 fully saturated rings. The normalized spacial score (nSPS) is 21.1. The van der Waals surface area contributed by atoms with E-state index < -0.39 is 46.3 Å². The maximum Gasteiger partial charge on any atom is 0.434 e. The van der Waals surface area contributed by atoms with Crippen molar-refractivity contribution in [2.45, 2.75) is 44.0 Å². The van der Waals surface area contributed by atoms with Crippen molar-refractivity contribution in [3.63, 3.8) is 0 Å². The predicted molar refractivity (Wildman–Crippen MR) is 131 cm³/mol. The van der Waals surface area contributed by atoms with Crippen LogP contribution < -0.4 is 4.90 Å². The van der Waals surface area contributed by atoms with Crippen LogP contribution in [0.3, 0.4) is 0 Å². The molecule has 1 aromatic carbocycles. The number of anilines is 1. The fraction of sp³-hybridized carbons (Fsp3) is 0.708. The van der Waals surface area contributed by atoms with Crippen LogP contribution in [-0.2, 0) is 27.5 Å². The number of halogens is 9. The Morgan fingerprint density at radius 3 is 1.93 bits per heavy atom. The third-order valence-corrected chi connectivity index (χ3v) is 9.20. The van der Waals surface area contributed by atoms with Gasteiger partial charge in [-0.05, 0) is 30.5 Å². The summed E-state index contributed by atoms with van der Waals surface area (Å²) >= 11 is 0. The lowest BCUT2D eigenvalue weighted by Crippen LogP contribution is -2.61. The third-order valence-electron chi connectivity index (χ3n) is 7.90. The van der Waals surface area contributed by atoms with Crippen LogP contribution in [0, 0.1) is 5.41 Å². The van der Waals surface area contributed by atoms with Crippen molar-refractivity contribution in [3.05, 3.63) is 29.3 Å². The Kier molecular flexibility index (Phi) is 8.67. The van der Waals surface area contributed by atoms with Gasteiger partial charge in [0.25, 0.3) is 6.10 Å². The second kappa shape index (κ2) is 11.2. The van der Waals surface area contributed by atoms with Gasteiger partial charge in [-0.15, -0.1) is 0 Å². The second-order valence-corrected chi connectivity index (χ2v) is 13.0. The van der Waals surface area contributed by atoms with Gasteiger partial charge < -0.3 is 14.5 Å². The zero-order chi connectivity index (χ0) is 31.3. The Morgan fingerprint density at radius 1 is 0.905 bits per heavy atom. The van der Waals surface area contributed by atoms with Crippen LogP contribution in [0.15, 0.2) is 18.2 Å². The predicted octanol–water partition coefficient (Wildman–Crippen LogP) is 4.31. The number of amides is 1. The molecule has 0 saturated carbocycles. The van der Waals surface area contributed by atoms with E-state index >= 15 is 0 Å². The fourth-order valence-corrected chi connectivity index (χ4v) is 6.38. The molecule has 1 amide bonds. The van der Waals surface area contributed by atoms with Crippen molar-refractivity contribution in [1.82, 2.24) is 14.1 Å². The van der Waals surface area contributed by atoms with Gasteiger partial charge in [0.15, 0.2) is 0 Å². The number of carbonyl (C=O) groups excluding carboxylic acids is 1. The average Bonchev–Trinajstić information content (AvgIpc) is 2.84. The van der Waals surface area contributed by atoms with Crippen molar-refractivity contribution in [2.75, 3.05) is 63.5 Å². The summed E-state index contributed by atoms with van der Waals surface area (Å²) in [6, 6.07) is 3.30. The van der Waals surface area contributed by atoms with E-state index in [4.69, 9.17) is 0 Å². The number of ether oxygens (including phenoxy) is 1. The van der Waals surface area contributed by atoms with Gasteiger partial charge in [-0.2, -0.15) is 39.5 Å². The largest absolute Gasteiger partial charge is 0.434 e. The fourth-order valence-electron chi connectivity index (χ4n) is 5.53. The Balaban J connectivity index is 1.40. The summed E-state index contributed by atoms with van der Waals surface area (Å²) in [6.45, 7) is 1.18. The molecule has 0 aromatic heterocycles. The highest BCUT2D eigenvalue weighted by molar-refractivity contribution is 7.88. The van der Waals surface area contributed by atoms with E-state index in [0.717, 1.165) is 23.3 Å². The molecule has 3 aliphatic heterocycles. The van der Waals surface area contributed by atoms with Crippen molar-refractivity contribution < 1.29 is 57.5 Å². The SMILES string of the molecule is CS(=O)(=O)N1CCC2(CC1)CN(c1cc(C(F)(F)F)ccc1CN1CCN(C(=O)OC(C(F)(F)F)C(F)(F)F)CC1)C2. The molecule has 0 unspecified atom stereocenters. The molecule has 42 heavy (non-hydrogen) atoms. The highest BCUT2D eigenvalue weighted by atomic mass is 32.2. The van der Waals surface area contributed by atoms with Gasteiger partial charge in [-0.3, -0.25) is 4.90 Å². The number of carbonyl (C=O) groups is 1. The summed E-state index contributed by atoms with van der Waals surface area (Å²) in [5.41, 5.74) is -0.230. The van der Waals surface area contributed by atoms with E-state index in [2.05, 4.69) is 4.74 Å². The van der Waals surface area contributed by atoms with Crippen molar-refractivity contribution in [2.24, 2.45) is 5.41 Å². The van der Waals surface area contributed by atoms with Crippen LogP contribution in [0.25, 0.3) is 0 Å². The zero-order valence-electron chi connectivity index (χ0n) is 22.3.